The van der Waals surface area contributed by atoms with Crippen LogP contribution in [-0.4, -0.2) is 19.3 Å². The van der Waals surface area contributed by atoms with Gasteiger partial charge in [0.1, 0.15) is 12.4 Å². The van der Waals surface area contributed by atoms with Gasteiger partial charge in [-0.15, -0.1) is 0 Å². The summed E-state index contributed by atoms with van der Waals surface area (Å²) in [5.41, 5.74) is 0.666. The normalized spacial score (nSPS) is 12.6. The van der Waals surface area contributed by atoms with E-state index < -0.39 is 21.0 Å². The van der Waals surface area contributed by atoms with Gasteiger partial charge in [0.2, 0.25) is 0 Å². The zero-order chi connectivity index (χ0) is 23.8. The van der Waals surface area contributed by atoms with Crippen molar-refractivity contribution in [3.63, 3.8) is 0 Å². The maximum atomic E-state index is 13.6. The number of hydrogen-bond acceptors (Lipinski definition) is 5. The summed E-state index contributed by atoms with van der Waals surface area (Å²) in [4.78, 5) is 3.98. The summed E-state index contributed by atoms with van der Waals surface area (Å²) in [5, 5.41) is 0.358. The van der Waals surface area contributed by atoms with Crippen molar-refractivity contribution in [1.82, 2.24) is 0 Å². The van der Waals surface area contributed by atoms with E-state index in [2.05, 4.69) is 18.3 Å². The number of allylic oxidation sites excluding steroid dienone is 1. The lowest BCUT2D eigenvalue weighted by Crippen LogP contribution is -2.33. The molecule has 0 fully saturated rings. The van der Waals surface area contributed by atoms with Gasteiger partial charge in [0.15, 0.2) is 11.0 Å². The van der Waals surface area contributed by atoms with Gasteiger partial charge in [-0.2, -0.15) is 3.71 Å². The molecule has 0 saturated carbocycles. The monoisotopic (exact) mass is 500 g/mol. The summed E-state index contributed by atoms with van der Waals surface area (Å²) in [6, 6.07) is 20.7. The van der Waals surface area contributed by atoms with Crippen molar-refractivity contribution in [2.75, 3.05) is 3.71 Å². The molecular formula is C24H21ClN2O4S2. The molecule has 0 spiro atoms. The number of hydrogen-bond donors (Lipinski definition) is 0. The fourth-order valence-electron chi connectivity index (χ4n) is 2.83. The van der Waals surface area contributed by atoms with Crippen LogP contribution in [0.4, 0.5) is 5.69 Å². The van der Waals surface area contributed by atoms with Crippen LogP contribution < -0.4 is 3.71 Å². The van der Waals surface area contributed by atoms with Crippen LogP contribution in [0.15, 0.2) is 118 Å². The Balaban J connectivity index is 2.09. The van der Waals surface area contributed by atoms with Crippen molar-refractivity contribution >= 4 is 45.0 Å². The van der Waals surface area contributed by atoms with Crippen molar-refractivity contribution in [1.29, 1.82) is 0 Å². The summed E-state index contributed by atoms with van der Waals surface area (Å²) in [7, 11) is -6.24. The summed E-state index contributed by atoms with van der Waals surface area (Å²) in [5.74, 6) is 0.369. The minimum absolute atomic E-state index is 0.0102. The van der Waals surface area contributed by atoms with E-state index in [-0.39, 0.29) is 17.2 Å². The second-order valence-electron chi connectivity index (χ2n) is 6.59. The average Bonchev–Trinajstić information content (AvgIpc) is 2.84. The molecule has 0 saturated heterocycles. The highest BCUT2D eigenvalue weighted by Gasteiger charge is 2.31. The molecule has 0 aliphatic rings. The molecule has 33 heavy (non-hydrogen) atoms. The van der Waals surface area contributed by atoms with E-state index in [9.17, 15) is 12.6 Å². The Labute approximate surface area is 201 Å². The lowest BCUT2D eigenvalue weighted by Gasteiger charge is -2.24. The Kier molecular flexibility index (Phi) is 8.21. The number of rotatable bonds is 10. The Morgan fingerprint density at radius 2 is 1.70 bits per heavy atom. The molecule has 6 nitrogen and oxygen atoms in total. The fraction of sp³-hybridized carbons (Fsp3) is 0.0417. The van der Waals surface area contributed by atoms with E-state index in [1.165, 1.54) is 42.6 Å². The van der Waals surface area contributed by atoms with Gasteiger partial charge in [-0.1, -0.05) is 54.6 Å². The molecule has 0 aliphatic heterocycles. The largest absolute Gasteiger partial charge is 0.487 e. The number of benzene rings is 3. The highest BCUT2D eigenvalue weighted by Crippen LogP contribution is 2.32. The predicted octanol–water partition coefficient (Wildman–Crippen LogP) is 5.50. The molecule has 0 bridgehead atoms. The maximum Gasteiger partial charge on any atom is 0.275 e. The molecule has 0 amide bonds. The molecular weight excluding hydrogens is 480 g/mol. The molecule has 9 heteroatoms. The van der Waals surface area contributed by atoms with E-state index in [4.69, 9.17) is 16.3 Å². The minimum Gasteiger partial charge on any atom is -0.487 e. The van der Waals surface area contributed by atoms with E-state index in [1.54, 1.807) is 48.5 Å². The number of halogens is 1. The van der Waals surface area contributed by atoms with Gasteiger partial charge in [0.25, 0.3) is 10.0 Å². The molecule has 1 unspecified atom stereocenters. The van der Waals surface area contributed by atoms with Crippen LogP contribution in [0, 0.1) is 0 Å². The summed E-state index contributed by atoms with van der Waals surface area (Å²) < 4.78 is 47.2. The topological polar surface area (TPSA) is 76.0 Å². The third-order valence-electron chi connectivity index (χ3n) is 4.41. The van der Waals surface area contributed by atoms with Gasteiger partial charge in [-0.05, 0) is 55.3 Å². The molecule has 1 atom stereocenters. The van der Waals surface area contributed by atoms with Gasteiger partial charge in [0, 0.05) is 10.6 Å². The van der Waals surface area contributed by atoms with Crippen LogP contribution in [0.2, 0.25) is 5.02 Å². The van der Waals surface area contributed by atoms with E-state index in [0.717, 1.165) is 3.71 Å². The van der Waals surface area contributed by atoms with Gasteiger partial charge in [-0.25, -0.2) is 12.6 Å². The minimum atomic E-state index is -4.18. The van der Waals surface area contributed by atoms with Gasteiger partial charge in [-0.3, -0.25) is 4.99 Å². The number of ether oxygens (including phenoxy) is 1. The first kappa shape index (κ1) is 24.4. The van der Waals surface area contributed by atoms with E-state index >= 15 is 0 Å². The van der Waals surface area contributed by atoms with Crippen LogP contribution in [-0.2, 0) is 32.4 Å². The lowest BCUT2D eigenvalue weighted by molar-refractivity contribution is 0.210. The number of nitrogens with zero attached hydrogens (tertiary/aromatic N) is 2. The molecule has 0 aromatic heterocycles. The molecule has 0 aliphatic carbocycles. The second-order valence-corrected chi connectivity index (χ2v) is 10.3. The van der Waals surface area contributed by atoms with Gasteiger partial charge in [0.05, 0.1) is 21.7 Å². The van der Waals surface area contributed by atoms with Crippen molar-refractivity contribution in [3.05, 3.63) is 114 Å². The third kappa shape index (κ3) is 5.78. The van der Waals surface area contributed by atoms with Crippen molar-refractivity contribution in [2.45, 2.75) is 16.4 Å². The highest BCUT2D eigenvalue weighted by atomic mass is 35.5. The van der Waals surface area contributed by atoms with E-state index in [1.807, 2.05) is 0 Å². The number of anilines is 1. The molecule has 3 aromatic rings. The standard InChI is InChI=1S/C24H21ClN2O4S2/c1-3-21(17-26-2)31-18-19-16-20(14-15-24(19)25)27(32(28)22-10-6-4-7-11-22)33(29,30)23-12-8-5-9-13-23/h3-17H,1-2,18H2/b21-17+. The zero-order valence-electron chi connectivity index (χ0n) is 17.5. The van der Waals surface area contributed by atoms with Crippen molar-refractivity contribution in [2.24, 2.45) is 4.99 Å². The fourth-order valence-corrected chi connectivity index (χ4v) is 6.20. The summed E-state index contributed by atoms with van der Waals surface area (Å²) in [6.07, 6.45) is 2.85. The molecule has 3 rings (SSSR count). The number of aliphatic imine (C=N–C) groups is 1. The smallest absolute Gasteiger partial charge is 0.275 e. The molecule has 0 heterocycles. The third-order valence-corrected chi connectivity index (χ3v) is 8.48. The lowest BCUT2D eigenvalue weighted by atomic mass is 10.2. The first-order valence-electron chi connectivity index (χ1n) is 9.65. The maximum absolute atomic E-state index is 13.6. The predicted molar refractivity (Wildman–Crippen MR) is 133 cm³/mol. The Morgan fingerprint density at radius 3 is 2.30 bits per heavy atom. The quantitative estimate of drug-likeness (QED) is 0.209. The second kappa shape index (κ2) is 11.1. The van der Waals surface area contributed by atoms with Gasteiger partial charge < -0.3 is 4.74 Å². The van der Waals surface area contributed by atoms with Crippen LogP contribution in [0.5, 0.6) is 0 Å². The zero-order valence-corrected chi connectivity index (χ0v) is 19.9. The van der Waals surface area contributed by atoms with Crippen LogP contribution >= 0.6 is 11.6 Å². The first-order chi connectivity index (χ1) is 15.9. The molecule has 3 aromatic carbocycles. The summed E-state index contributed by atoms with van der Waals surface area (Å²) in [6.45, 7) is 7.03. The van der Waals surface area contributed by atoms with Crippen LogP contribution in [0.3, 0.4) is 0 Å². The Hall–Kier alpha value is -3.20. The Morgan fingerprint density at radius 1 is 1.06 bits per heavy atom. The number of sulfonamides is 1. The van der Waals surface area contributed by atoms with Crippen molar-refractivity contribution < 1.29 is 17.4 Å². The van der Waals surface area contributed by atoms with E-state index in [0.29, 0.717) is 21.2 Å². The highest BCUT2D eigenvalue weighted by molar-refractivity contribution is 8.07. The molecule has 0 N–H and O–H groups in total. The molecule has 170 valence electrons. The Bertz CT molecular complexity index is 1290. The summed E-state index contributed by atoms with van der Waals surface area (Å²) >= 11 is 6.33. The van der Waals surface area contributed by atoms with Crippen molar-refractivity contribution in [3.8, 4) is 0 Å². The SMILES string of the molecule is C=C/C(=C\N=C)OCc1cc(N(S(=O)c2ccccc2)S(=O)(=O)c2ccccc2)ccc1Cl. The van der Waals surface area contributed by atoms with Crippen LogP contribution in [0.1, 0.15) is 5.56 Å². The first-order valence-corrected chi connectivity index (χ1v) is 12.6. The van der Waals surface area contributed by atoms with Crippen LogP contribution in [0.25, 0.3) is 0 Å². The molecule has 0 radical (unpaired) electrons. The average molecular weight is 501 g/mol. The van der Waals surface area contributed by atoms with Gasteiger partial charge >= 0.3 is 0 Å².